The van der Waals surface area contributed by atoms with E-state index in [-0.39, 0.29) is 19.1 Å². The molecule has 0 aromatic carbocycles. The number of ether oxygens (including phenoxy) is 1. The number of amides is 1. The Morgan fingerprint density at radius 1 is 1.24 bits per heavy atom. The van der Waals surface area contributed by atoms with Crippen LogP contribution in [-0.2, 0) is 22.4 Å². The fourth-order valence-electron chi connectivity index (χ4n) is 4.67. The van der Waals surface area contributed by atoms with E-state index in [1.165, 1.54) is 18.3 Å². The molecule has 1 aliphatic carbocycles. The van der Waals surface area contributed by atoms with Crippen LogP contribution < -0.4 is 10.6 Å². The Kier molecular flexibility index (Phi) is 7.72. The van der Waals surface area contributed by atoms with Gasteiger partial charge < -0.3 is 20.5 Å². The lowest BCUT2D eigenvalue weighted by molar-refractivity contribution is -0.140. The SMILES string of the molecule is Cc1ncnc(C)c1C(=O)N[C@@H](CCO[C@H]1C[C@@H](CCc2ccc3c(n2)NCCC3)C1)C(=O)O. The fourth-order valence-corrected chi connectivity index (χ4v) is 4.67. The molecule has 2 aromatic heterocycles. The molecule has 3 N–H and O–H groups in total. The highest BCUT2D eigenvalue weighted by atomic mass is 16.5. The summed E-state index contributed by atoms with van der Waals surface area (Å²) < 4.78 is 5.89. The van der Waals surface area contributed by atoms with Crippen LogP contribution in [0.5, 0.6) is 0 Å². The second-order valence-corrected chi connectivity index (χ2v) is 9.28. The zero-order valence-electron chi connectivity index (χ0n) is 19.8. The summed E-state index contributed by atoms with van der Waals surface area (Å²) in [6.45, 7) is 4.69. The van der Waals surface area contributed by atoms with Gasteiger partial charge in [0.15, 0.2) is 0 Å². The zero-order chi connectivity index (χ0) is 24.1. The maximum atomic E-state index is 12.6. The van der Waals surface area contributed by atoms with Gasteiger partial charge in [-0.15, -0.1) is 0 Å². The summed E-state index contributed by atoms with van der Waals surface area (Å²) in [5, 5.41) is 15.5. The zero-order valence-corrected chi connectivity index (χ0v) is 19.8. The highest BCUT2D eigenvalue weighted by Gasteiger charge is 2.30. The Balaban J connectivity index is 1.17. The first kappa shape index (κ1) is 24.1. The van der Waals surface area contributed by atoms with Crippen LogP contribution in [0.4, 0.5) is 5.82 Å². The molecule has 2 aromatic rings. The van der Waals surface area contributed by atoms with Crippen molar-refractivity contribution in [2.75, 3.05) is 18.5 Å². The molecule has 1 fully saturated rings. The molecule has 1 aliphatic heterocycles. The third-order valence-corrected chi connectivity index (χ3v) is 6.77. The smallest absolute Gasteiger partial charge is 0.326 e. The molecular formula is C25H33N5O4. The molecule has 0 spiro atoms. The second-order valence-electron chi connectivity index (χ2n) is 9.28. The third-order valence-electron chi connectivity index (χ3n) is 6.77. The highest BCUT2D eigenvalue weighted by Crippen LogP contribution is 2.34. The Hall–Kier alpha value is -3.07. The van der Waals surface area contributed by atoms with Crippen molar-refractivity contribution in [3.05, 3.63) is 46.7 Å². The molecule has 0 saturated heterocycles. The van der Waals surface area contributed by atoms with Crippen LogP contribution in [0.3, 0.4) is 0 Å². The van der Waals surface area contributed by atoms with Crippen molar-refractivity contribution in [2.24, 2.45) is 5.92 Å². The molecule has 1 atom stereocenters. The summed E-state index contributed by atoms with van der Waals surface area (Å²) in [5.41, 5.74) is 3.80. The van der Waals surface area contributed by atoms with E-state index in [9.17, 15) is 14.7 Å². The van der Waals surface area contributed by atoms with Gasteiger partial charge in [-0.05, 0) is 69.9 Å². The molecular weight excluding hydrogens is 434 g/mol. The molecule has 1 amide bonds. The van der Waals surface area contributed by atoms with Crippen LogP contribution in [0.15, 0.2) is 18.5 Å². The molecule has 9 heteroatoms. The molecule has 0 bridgehead atoms. The van der Waals surface area contributed by atoms with E-state index >= 15 is 0 Å². The van der Waals surface area contributed by atoms with Crippen molar-refractivity contribution < 1.29 is 19.4 Å². The first-order valence-corrected chi connectivity index (χ1v) is 12.1. The normalized spacial score (nSPS) is 19.9. The minimum Gasteiger partial charge on any atom is -0.480 e. The van der Waals surface area contributed by atoms with Gasteiger partial charge in [0.25, 0.3) is 5.91 Å². The van der Waals surface area contributed by atoms with Crippen molar-refractivity contribution in [1.29, 1.82) is 0 Å². The first-order chi connectivity index (χ1) is 16.4. The van der Waals surface area contributed by atoms with Crippen LogP contribution in [0.25, 0.3) is 0 Å². The van der Waals surface area contributed by atoms with Crippen LogP contribution in [0, 0.1) is 19.8 Å². The molecule has 4 rings (SSSR count). The number of aryl methyl sites for hydroxylation is 4. The quantitative estimate of drug-likeness (QED) is 0.487. The minimum atomic E-state index is -1.08. The lowest BCUT2D eigenvalue weighted by Crippen LogP contribution is -2.42. The van der Waals surface area contributed by atoms with Gasteiger partial charge >= 0.3 is 5.97 Å². The lowest BCUT2D eigenvalue weighted by atomic mass is 9.79. The molecule has 34 heavy (non-hydrogen) atoms. The van der Waals surface area contributed by atoms with Crippen LogP contribution in [0.1, 0.15) is 65.1 Å². The summed E-state index contributed by atoms with van der Waals surface area (Å²) in [6.07, 6.45) is 8.01. The number of carbonyl (C=O) groups excluding carboxylic acids is 1. The summed E-state index contributed by atoms with van der Waals surface area (Å²) in [7, 11) is 0. The standard InChI is InChI=1S/C25H33N5O4/c1-15-22(16(2)28-14-27-15)24(31)30-21(25(32)33)9-11-34-20-12-17(13-20)5-7-19-8-6-18-4-3-10-26-23(18)29-19/h6,8,14,17,20-21H,3-5,7,9-13H2,1-2H3,(H,26,29)(H,30,31)(H,32,33)/t17-,20+,21-/m0/s1. The van der Waals surface area contributed by atoms with Gasteiger partial charge in [0, 0.05) is 25.3 Å². The van der Waals surface area contributed by atoms with Crippen LogP contribution in [-0.4, -0.2) is 57.2 Å². The van der Waals surface area contributed by atoms with Crippen molar-refractivity contribution in [3.8, 4) is 0 Å². The number of hydrogen-bond acceptors (Lipinski definition) is 7. The predicted molar refractivity (Wildman–Crippen MR) is 127 cm³/mol. The number of aliphatic carboxylic acids is 1. The van der Waals surface area contributed by atoms with Crippen LogP contribution in [0.2, 0.25) is 0 Å². The number of carboxylic acid groups (broad SMARTS) is 1. The number of rotatable bonds is 10. The molecule has 0 radical (unpaired) electrons. The van der Waals surface area contributed by atoms with Gasteiger partial charge in [-0.3, -0.25) is 4.79 Å². The van der Waals surface area contributed by atoms with Crippen molar-refractivity contribution in [1.82, 2.24) is 20.3 Å². The van der Waals surface area contributed by atoms with E-state index in [4.69, 9.17) is 9.72 Å². The van der Waals surface area contributed by atoms with E-state index in [1.807, 2.05) is 0 Å². The van der Waals surface area contributed by atoms with Gasteiger partial charge in [0.1, 0.15) is 18.2 Å². The van der Waals surface area contributed by atoms with E-state index in [1.54, 1.807) is 13.8 Å². The van der Waals surface area contributed by atoms with E-state index < -0.39 is 17.9 Å². The summed E-state index contributed by atoms with van der Waals surface area (Å²) in [6, 6.07) is 3.32. The topological polar surface area (TPSA) is 126 Å². The number of anilines is 1. The number of aromatic nitrogens is 3. The Morgan fingerprint density at radius 3 is 2.74 bits per heavy atom. The number of pyridine rings is 1. The van der Waals surface area contributed by atoms with E-state index in [0.29, 0.717) is 22.9 Å². The van der Waals surface area contributed by atoms with Gasteiger partial charge in [0.2, 0.25) is 0 Å². The second kappa shape index (κ2) is 10.9. The molecule has 0 unspecified atom stereocenters. The minimum absolute atomic E-state index is 0.153. The first-order valence-electron chi connectivity index (χ1n) is 12.1. The average molecular weight is 468 g/mol. The fraction of sp³-hybridized carbons (Fsp3) is 0.560. The highest BCUT2D eigenvalue weighted by molar-refractivity contribution is 5.98. The number of carbonyl (C=O) groups is 2. The summed E-state index contributed by atoms with van der Waals surface area (Å²) in [5.74, 6) is 0.0962. The lowest BCUT2D eigenvalue weighted by Gasteiger charge is -2.35. The molecule has 182 valence electrons. The number of nitrogens with one attached hydrogen (secondary N) is 2. The van der Waals surface area contributed by atoms with Crippen molar-refractivity contribution in [2.45, 2.75) is 70.9 Å². The number of nitrogens with zero attached hydrogens (tertiary/aromatic N) is 3. The number of fused-ring (bicyclic) bond motifs is 1. The van der Waals surface area contributed by atoms with E-state index in [2.05, 4.69) is 32.7 Å². The molecule has 9 nitrogen and oxygen atoms in total. The van der Waals surface area contributed by atoms with Gasteiger partial charge in [-0.1, -0.05) is 6.07 Å². The molecule has 3 heterocycles. The predicted octanol–water partition coefficient (Wildman–Crippen LogP) is 2.85. The maximum absolute atomic E-state index is 12.6. The third kappa shape index (κ3) is 5.88. The van der Waals surface area contributed by atoms with Gasteiger partial charge in [0.05, 0.1) is 23.1 Å². The largest absolute Gasteiger partial charge is 0.480 e. The number of hydrogen-bond donors (Lipinski definition) is 3. The molecule has 1 saturated carbocycles. The Bertz CT molecular complexity index is 1020. The average Bonchev–Trinajstić information content (AvgIpc) is 2.78. The van der Waals surface area contributed by atoms with Gasteiger partial charge in [-0.2, -0.15) is 0 Å². The van der Waals surface area contributed by atoms with E-state index in [0.717, 1.165) is 50.2 Å². The monoisotopic (exact) mass is 467 g/mol. The van der Waals surface area contributed by atoms with Gasteiger partial charge in [-0.25, -0.2) is 19.7 Å². The van der Waals surface area contributed by atoms with Crippen LogP contribution >= 0.6 is 0 Å². The van der Waals surface area contributed by atoms with Crippen molar-refractivity contribution in [3.63, 3.8) is 0 Å². The Labute approximate surface area is 199 Å². The Morgan fingerprint density at radius 2 is 2.00 bits per heavy atom. The van der Waals surface area contributed by atoms with Crippen molar-refractivity contribution >= 4 is 17.7 Å². The summed E-state index contributed by atoms with van der Waals surface area (Å²) >= 11 is 0. The molecule has 2 aliphatic rings. The number of carboxylic acids is 1. The maximum Gasteiger partial charge on any atom is 0.326 e. The summed E-state index contributed by atoms with van der Waals surface area (Å²) in [4.78, 5) is 37.0.